The van der Waals surface area contributed by atoms with E-state index in [0.717, 1.165) is 24.1 Å². The summed E-state index contributed by atoms with van der Waals surface area (Å²) in [7, 11) is 0. The van der Waals surface area contributed by atoms with E-state index in [1.165, 1.54) is 6.92 Å². The molecule has 2 amide bonds. The Hall–Kier alpha value is -2.89. The molecule has 130 valence electrons. The quantitative estimate of drug-likeness (QED) is 0.822. The number of nitrogens with zero attached hydrogens (tertiary/aromatic N) is 3. The number of nitrogens with one attached hydrogen (secondary N) is 1. The third-order valence-electron chi connectivity index (χ3n) is 4.29. The van der Waals surface area contributed by atoms with Crippen molar-refractivity contribution in [2.75, 3.05) is 6.54 Å². The summed E-state index contributed by atoms with van der Waals surface area (Å²) in [6, 6.07) is 9.49. The van der Waals surface area contributed by atoms with Gasteiger partial charge in [0.1, 0.15) is 0 Å². The highest BCUT2D eigenvalue weighted by atomic mass is 16.2. The van der Waals surface area contributed by atoms with Crippen LogP contribution in [0.15, 0.2) is 48.9 Å². The normalized spacial score (nSPS) is 15.7. The Balaban J connectivity index is 1.58. The molecule has 6 heteroatoms. The monoisotopic (exact) mass is 338 g/mol. The van der Waals surface area contributed by atoms with E-state index in [9.17, 15) is 9.59 Å². The molecule has 0 unspecified atom stereocenters. The third-order valence-corrected chi connectivity index (χ3v) is 4.29. The van der Waals surface area contributed by atoms with Crippen LogP contribution in [0.1, 0.15) is 36.9 Å². The minimum atomic E-state index is -0.259. The van der Waals surface area contributed by atoms with Crippen molar-refractivity contribution in [3.8, 4) is 0 Å². The van der Waals surface area contributed by atoms with Gasteiger partial charge in [-0.1, -0.05) is 24.3 Å². The molecule has 6 nitrogen and oxygen atoms in total. The Morgan fingerprint density at radius 3 is 2.84 bits per heavy atom. The van der Waals surface area contributed by atoms with E-state index in [4.69, 9.17) is 0 Å². The number of fused-ring (bicyclic) bond motifs is 1. The van der Waals surface area contributed by atoms with Crippen LogP contribution in [0.25, 0.3) is 6.08 Å². The largest absolute Gasteiger partial charge is 0.356 e. The van der Waals surface area contributed by atoms with E-state index in [0.29, 0.717) is 6.54 Å². The van der Waals surface area contributed by atoms with Gasteiger partial charge in [0.2, 0.25) is 11.8 Å². The summed E-state index contributed by atoms with van der Waals surface area (Å²) < 4.78 is 1.84. The van der Waals surface area contributed by atoms with E-state index >= 15 is 0 Å². The first-order valence-corrected chi connectivity index (χ1v) is 8.45. The van der Waals surface area contributed by atoms with Gasteiger partial charge in [-0.3, -0.25) is 14.3 Å². The van der Waals surface area contributed by atoms with Crippen LogP contribution in [-0.4, -0.2) is 33.0 Å². The fourth-order valence-corrected chi connectivity index (χ4v) is 3.06. The summed E-state index contributed by atoms with van der Waals surface area (Å²) in [5.74, 6) is -0.121. The van der Waals surface area contributed by atoms with E-state index in [-0.39, 0.29) is 24.3 Å². The molecule has 0 radical (unpaired) electrons. The van der Waals surface area contributed by atoms with Gasteiger partial charge < -0.3 is 10.2 Å². The fraction of sp³-hybridized carbons (Fsp3) is 0.316. The molecule has 1 N–H and O–H groups in total. The van der Waals surface area contributed by atoms with Crippen molar-refractivity contribution in [2.24, 2.45) is 0 Å². The van der Waals surface area contributed by atoms with Gasteiger partial charge in [-0.15, -0.1) is 0 Å². The lowest BCUT2D eigenvalue weighted by Crippen LogP contribution is -2.35. The second-order valence-electron chi connectivity index (χ2n) is 6.06. The van der Waals surface area contributed by atoms with E-state index in [1.54, 1.807) is 17.3 Å². The third kappa shape index (κ3) is 4.15. The molecular weight excluding hydrogens is 316 g/mol. The van der Waals surface area contributed by atoms with Crippen LogP contribution in [-0.2, 0) is 16.1 Å². The topological polar surface area (TPSA) is 67.2 Å². The summed E-state index contributed by atoms with van der Waals surface area (Å²) in [6.07, 6.45) is 8.38. The Kier molecular flexibility index (Phi) is 5.28. The lowest BCUT2D eigenvalue weighted by Gasteiger charge is -2.32. The summed E-state index contributed by atoms with van der Waals surface area (Å²) >= 11 is 0. The summed E-state index contributed by atoms with van der Waals surface area (Å²) in [5, 5.41) is 7.07. The van der Waals surface area contributed by atoms with Crippen molar-refractivity contribution < 1.29 is 9.59 Å². The number of carbonyl (C=O) groups is 2. The standard InChI is InChI=1S/C19H22N4O2/c1-15(24)23-13-8-16-6-2-3-7-17(16)18(23)14-19(25)20-9-4-11-22-12-5-10-21-22/h2-3,5-8,10,12-13,18H,4,9,11,14H2,1H3,(H,20,25)/t18-/m0/s1. The molecule has 1 aromatic carbocycles. The zero-order valence-corrected chi connectivity index (χ0v) is 14.3. The van der Waals surface area contributed by atoms with Gasteiger partial charge in [0.15, 0.2) is 0 Å². The maximum atomic E-state index is 12.4. The molecule has 1 aromatic heterocycles. The summed E-state index contributed by atoms with van der Waals surface area (Å²) in [5.41, 5.74) is 2.06. The summed E-state index contributed by atoms with van der Waals surface area (Å²) in [4.78, 5) is 25.9. The predicted molar refractivity (Wildman–Crippen MR) is 95.2 cm³/mol. The highest BCUT2D eigenvalue weighted by Crippen LogP contribution is 2.32. The van der Waals surface area contributed by atoms with Crippen LogP contribution >= 0.6 is 0 Å². The highest BCUT2D eigenvalue weighted by molar-refractivity contribution is 5.81. The van der Waals surface area contributed by atoms with Crippen LogP contribution in [0, 0.1) is 0 Å². The van der Waals surface area contributed by atoms with E-state index < -0.39 is 0 Å². The SMILES string of the molecule is CC(=O)N1C=Cc2ccccc2[C@@H]1CC(=O)NCCCn1cccn1. The van der Waals surface area contributed by atoms with Gasteiger partial charge in [0.25, 0.3) is 0 Å². The molecule has 0 saturated heterocycles. The predicted octanol–water partition coefficient (Wildman–Crippen LogP) is 2.35. The van der Waals surface area contributed by atoms with Gasteiger partial charge in [0.05, 0.1) is 12.5 Å². The molecule has 0 fully saturated rings. The molecular formula is C19H22N4O2. The molecule has 1 aliphatic rings. The number of aromatic nitrogens is 2. The fourth-order valence-electron chi connectivity index (χ4n) is 3.06. The lowest BCUT2D eigenvalue weighted by molar-refractivity contribution is -0.129. The number of rotatable bonds is 6. The summed E-state index contributed by atoms with van der Waals surface area (Å²) in [6.45, 7) is 2.87. The van der Waals surface area contributed by atoms with Crippen molar-refractivity contribution in [3.63, 3.8) is 0 Å². The number of carbonyl (C=O) groups excluding carboxylic acids is 2. The van der Waals surface area contributed by atoms with E-state index in [1.807, 2.05) is 47.3 Å². The maximum absolute atomic E-state index is 12.4. The molecule has 0 bridgehead atoms. The maximum Gasteiger partial charge on any atom is 0.223 e. The Morgan fingerprint density at radius 2 is 2.08 bits per heavy atom. The van der Waals surface area contributed by atoms with Gasteiger partial charge in [-0.25, -0.2) is 0 Å². The van der Waals surface area contributed by atoms with Gasteiger partial charge in [0, 0.05) is 38.6 Å². The molecule has 0 aliphatic carbocycles. The van der Waals surface area contributed by atoms with Crippen LogP contribution in [0.5, 0.6) is 0 Å². The first kappa shape index (κ1) is 17.0. The first-order chi connectivity index (χ1) is 12.1. The van der Waals surface area contributed by atoms with Crippen molar-refractivity contribution in [1.82, 2.24) is 20.0 Å². The smallest absolute Gasteiger partial charge is 0.223 e. The minimum Gasteiger partial charge on any atom is -0.356 e. The highest BCUT2D eigenvalue weighted by Gasteiger charge is 2.27. The van der Waals surface area contributed by atoms with Crippen LogP contribution in [0.2, 0.25) is 0 Å². The average molecular weight is 338 g/mol. The number of aryl methyl sites for hydroxylation is 1. The average Bonchev–Trinajstić information content (AvgIpc) is 3.12. The number of amides is 2. The molecule has 1 atom stereocenters. The zero-order chi connectivity index (χ0) is 17.6. The van der Waals surface area contributed by atoms with Crippen LogP contribution in [0.4, 0.5) is 0 Å². The van der Waals surface area contributed by atoms with Gasteiger partial charge in [-0.2, -0.15) is 5.10 Å². The van der Waals surface area contributed by atoms with Crippen molar-refractivity contribution in [3.05, 3.63) is 60.1 Å². The Labute approximate surface area is 147 Å². The molecule has 2 heterocycles. The van der Waals surface area contributed by atoms with Gasteiger partial charge >= 0.3 is 0 Å². The number of hydrogen-bond donors (Lipinski definition) is 1. The lowest BCUT2D eigenvalue weighted by atomic mass is 9.93. The number of benzene rings is 1. The molecule has 1 aliphatic heterocycles. The van der Waals surface area contributed by atoms with Crippen LogP contribution < -0.4 is 5.32 Å². The molecule has 2 aromatic rings. The molecule has 0 spiro atoms. The van der Waals surface area contributed by atoms with Crippen molar-refractivity contribution in [2.45, 2.75) is 32.4 Å². The first-order valence-electron chi connectivity index (χ1n) is 8.45. The van der Waals surface area contributed by atoms with Gasteiger partial charge in [-0.05, 0) is 29.7 Å². The van der Waals surface area contributed by atoms with Crippen LogP contribution in [0.3, 0.4) is 0 Å². The van der Waals surface area contributed by atoms with Crippen molar-refractivity contribution >= 4 is 17.9 Å². The molecule has 0 saturated carbocycles. The van der Waals surface area contributed by atoms with Crippen molar-refractivity contribution in [1.29, 1.82) is 0 Å². The zero-order valence-electron chi connectivity index (χ0n) is 14.3. The van der Waals surface area contributed by atoms with E-state index in [2.05, 4.69) is 10.4 Å². The second-order valence-corrected chi connectivity index (χ2v) is 6.06. The number of hydrogen-bond acceptors (Lipinski definition) is 3. The molecule has 3 rings (SSSR count). The Bertz CT molecular complexity index is 767. The Morgan fingerprint density at radius 1 is 1.24 bits per heavy atom. The molecule has 25 heavy (non-hydrogen) atoms. The second kappa shape index (κ2) is 7.79. The minimum absolute atomic E-state index is 0.0539.